The Bertz CT molecular complexity index is 362. The molecule has 16 heavy (non-hydrogen) atoms. The number of benzene rings is 1. The number of aliphatic hydroxyl groups excluding tert-OH is 1. The molecule has 2 heteroatoms. The molecule has 0 heterocycles. The topological polar surface area (TPSA) is 29.5 Å². The van der Waals surface area contributed by atoms with E-state index in [0.717, 1.165) is 11.3 Å². The molecule has 0 atom stereocenters. The molecule has 0 unspecified atom stereocenters. The van der Waals surface area contributed by atoms with Crippen LogP contribution in [0.4, 0.5) is 0 Å². The Morgan fingerprint density at radius 2 is 1.88 bits per heavy atom. The van der Waals surface area contributed by atoms with Crippen molar-refractivity contribution in [1.29, 1.82) is 0 Å². The molecular formula is C14H22O2. The van der Waals surface area contributed by atoms with Crippen molar-refractivity contribution in [3.8, 4) is 5.75 Å². The van der Waals surface area contributed by atoms with Crippen molar-refractivity contribution >= 4 is 0 Å². The maximum absolute atomic E-state index is 9.00. The molecule has 90 valence electrons. The second-order valence-corrected chi connectivity index (χ2v) is 5.20. The number of ether oxygens (including phenoxy) is 1. The van der Waals surface area contributed by atoms with E-state index in [2.05, 4.69) is 33.8 Å². The van der Waals surface area contributed by atoms with Crippen LogP contribution in [0, 0.1) is 6.92 Å². The van der Waals surface area contributed by atoms with Gasteiger partial charge in [0.1, 0.15) is 5.75 Å². The van der Waals surface area contributed by atoms with E-state index < -0.39 is 0 Å². The minimum absolute atomic E-state index is 0.0772. The number of aryl methyl sites for hydroxylation is 1. The molecule has 1 aromatic rings. The Labute approximate surface area is 98.3 Å². The van der Waals surface area contributed by atoms with Crippen LogP contribution in [-0.2, 0) is 11.8 Å². The van der Waals surface area contributed by atoms with Gasteiger partial charge in [-0.25, -0.2) is 0 Å². The fourth-order valence-electron chi connectivity index (χ4n) is 1.87. The van der Waals surface area contributed by atoms with Gasteiger partial charge in [0.05, 0.1) is 7.11 Å². The number of hydrogen-bond donors (Lipinski definition) is 1. The largest absolute Gasteiger partial charge is 0.496 e. The molecule has 0 fully saturated rings. The zero-order chi connectivity index (χ0) is 12.3. The zero-order valence-corrected chi connectivity index (χ0v) is 10.9. The van der Waals surface area contributed by atoms with Gasteiger partial charge in [0, 0.05) is 6.61 Å². The number of hydrogen-bond acceptors (Lipinski definition) is 2. The summed E-state index contributed by atoms with van der Waals surface area (Å²) in [6.45, 7) is 8.79. The van der Waals surface area contributed by atoms with E-state index in [4.69, 9.17) is 9.84 Å². The minimum Gasteiger partial charge on any atom is -0.496 e. The van der Waals surface area contributed by atoms with Gasteiger partial charge < -0.3 is 9.84 Å². The van der Waals surface area contributed by atoms with Crippen LogP contribution in [0.5, 0.6) is 5.75 Å². The van der Waals surface area contributed by atoms with E-state index in [1.54, 1.807) is 7.11 Å². The van der Waals surface area contributed by atoms with E-state index in [0.29, 0.717) is 6.42 Å². The molecule has 0 aliphatic carbocycles. The highest BCUT2D eigenvalue weighted by atomic mass is 16.5. The van der Waals surface area contributed by atoms with Crippen molar-refractivity contribution < 1.29 is 9.84 Å². The maximum atomic E-state index is 9.00. The Morgan fingerprint density at radius 3 is 2.31 bits per heavy atom. The second-order valence-electron chi connectivity index (χ2n) is 5.20. The molecule has 0 spiro atoms. The van der Waals surface area contributed by atoms with Crippen molar-refractivity contribution in [2.24, 2.45) is 0 Å². The Balaban J connectivity index is 3.27. The molecule has 0 saturated heterocycles. The average Bonchev–Trinajstić information content (AvgIpc) is 2.19. The van der Waals surface area contributed by atoms with Crippen LogP contribution in [0.15, 0.2) is 12.1 Å². The Kier molecular flexibility index (Phi) is 3.98. The summed E-state index contributed by atoms with van der Waals surface area (Å²) < 4.78 is 5.43. The van der Waals surface area contributed by atoms with Gasteiger partial charge in [-0.05, 0) is 41.5 Å². The normalized spacial score (nSPS) is 11.6. The first kappa shape index (κ1) is 13.0. The molecule has 0 aromatic heterocycles. The molecule has 0 radical (unpaired) electrons. The third-order valence-electron chi connectivity index (χ3n) is 2.85. The lowest BCUT2D eigenvalue weighted by Gasteiger charge is -2.23. The molecule has 0 saturated carbocycles. The summed E-state index contributed by atoms with van der Waals surface area (Å²) >= 11 is 0. The fourth-order valence-corrected chi connectivity index (χ4v) is 1.87. The molecule has 2 nitrogen and oxygen atoms in total. The quantitative estimate of drug-likeness (QED) is 0.852. The van der Waals surface area contributed by atoms with Gasteiger partial charge in [0.15, 0.2) is 0 Å². The third-order valence-corrected chi connectivity index (χ3v) is 2.85. The van der Waals surface area contributed by atoms with Crippen LogP contribution in [0.25, 0.3) is 0 Å². The summed E-state index contributed by atoms with van der Waals surface area (Å²) in [6.07, 6.45) is 0.687. The maximum Gasteiger partial charge on any atom is 0.122 e. The Morgan fingerprint density at radius 1 is 1.25 bits per heavy atom. The van der Waals surface area contributed by atoms with Gasteiger partial charge in [-0.2, -0.15) is 0 Å². The number of rotatable bonds is 3. The van der Waals surface area contributed by atoms with Crippen LogP contribution in [0.2, 0.25) is 0 Å². The van der Waals surface area contributed by atoms with Gasteiger partial charge in [0.25, 0.3) is 0 Å². The van der Waals surface area contributed by atoms with Crippen molar-refractivity contribution in [2.45, 2.75) is 39.5 Å². The highest BCUT2D eigenvalue weighted by Crippen LogP contribution is 2.33. The summed E-state index contributed by atoms with van der Waals surface area (Å²) in [4.78, 5) is 0. The molecule has 1 aromatic carbocycles. The van der Waals surface area contributed by atoms with Gasteiger partial charge in [-0.15, -0.1) is 0 Å². The molecule has 0 amide bonds. The van der Waals surface area contributed by atoms with E-state index in [-0.39, 0.29) is 12.0 Å². The van der Waals surface area contributed by atoms with Crippen LogP contribution in [0.3, 0.4) is 0 Å². The monoisotopic (exact) mass is 222 g/mol. The average molecular weight is 222 g/mol. The minimum atomic E-state index is 0.0772. The molecule has 0 aliphatic rings. The standard InChI is InChI=1S/C14H22O2/c1-10-8-12(14(2,3)4)13(16-5)9-11(10)6-7-15/h8-9,15H,6-7H2,1-5H3. The first-order chi connectivity index (χ1) is 7.40. The zero-order valence-electron chi connectivity index (χ0n) is 10.9. The van der Waals surface area contributed by atoms with E-state index in [1.165, 1.54) is 11.1 Å². The van der Waals surface area contributed by atoms with Crippen LogP contribution >= 0.6 is 0 Å². The summed E-state index contributed by atoms with van der Waals surface area (Å²) in [5.41, 5.74) is 3.68. The predicted molar refractivity (Wildman–Crippen MR) is 67.2 cm³/mol. The SMILES string of the molecule is COc1cc(CCO)c(C)cc1C(C)(C)C. The first-order valence-corrected chi connectivity index (χ1v) is 5.69. The highest BCUT2D eigenvalue weighted by molar-refractivity contribution is 5.45. The smallest absolute Gasteiger partial charge is 0.122 e. The van der Waals surface area contributed by atoms with Gasteiger partial charge in [-0.1, -0.05) is 26.8 Å². The van der Waals surface area contributed by atoms with Crippen molar-refractivity contribution in [2.75, 3.05) is 13.7 Å². The molecule has 1 rings (SSSR count). The summed E-state index contributed by atoms with van der Waals surface area (Å²) in [5, 5.41) is 9.00. The summed E-state index contributed by atoms with van der Waals surface area (Å²) in [5.74, 6) is 0.918. The highest BCUT2D eigenvalue weighted by Gasteiger charge is 2.20. The molecular weight excluding hydrogens is 200 g/mol. The second kappa shape index (κ2) is 4.88. The van der Waals surface area contributed by atoms with Crippen molar-refractivity contribution in [1.82, 2.24) is 0 Å². The van der Waals surface area contributed by atoms with E-state index >= 15 is 0 Å². The third kappa shape index (κ3) is 2.76. The molecule has 0 aliphatic heterocycles. The van der Waals surface area contributed by atoms with E-state index in [9.17, 15) is 0 Å². The summed E-state index contributed by atoms with van der Waals surface area (Å²) in [6, 6.07) is 4.22. The van der Waals surface area contributed by atoms with Crippen molar-refractivity contribution in [3.05, 3.63) is 28.8 Å². The van der Waals surface area contributed by atoms with Gasteiger partial charge in [-0.3, -0.25) is 0 Å². The van der Waals surface area contributed by atoms with Crippen molar-refractivity contribution in [3.63, 3.8) is 0 Å². The first-order valence-electron chi connectivity index (χ1n) is 5.69. The van der Waals surface area contributed by atoms with Crippen LogP contribution in [0.1, 0.15) is 37.5 Å². The molecule has 0 bridgehead atoms. The lowest BCUT2D eigenvalue weighted by molar-refractivity contribution is 0.299. The Hall–Kier alpha value is -1.02. The predicted octanol–water partition coefficient (Wildman–Crippen LogP) is 2.84. The lowest BCUT2D eigenvalue weighted by atomic mass is 9.84. The van der Waals surface area contributed by atoms with Crippen LogP contribution < -0.4 is 4.74 Å². The van der Waals surface area contributed by atoms with E-state index in [1.807, 2.05) is 6.07 Å². The fraction of sp³-hybridized carbons (Fsp3) is 0.571. The number of methoxy groups -OCH3 is 1. The van der Waals surface area contributed by atoms with Crippen LogP contribution in [-0.4, -0.2) is 18.8 Å². The van der Waals surface area contributed by atoms with Gasteiger partial charge >= 0.3 is 0 Å². The lowest BCUT2D eigenvalue weighted by Crippen LogP contribution is -2.14. The van der Waals surface area contributed by atoms with Gasteiger partial charge in [0.2, 0.25) is 0 Å². The number of aliphatic hydroxyl groups is 1. The summed E-state index contributed by atoms with van der Waals surface area (Å²) in [7, 11) is 1.70. The molecule has 1 N–H and O–H groups in total.